The molecular formula is C13H11Br2FS. The molecule has 1 atom stereocenters. The van der Waals surface area contributed by atoms with Crippen LogP contribution in [0.4, 0.5) is 4.39 Å². The van der Waals surface area contributed by atoms with Crippen molar-refractivity contribution in [2.75, 3.05) is 0 Å². The van der Waals surface area contributed by atoms with Gasteiger partial charge in [-0.3, -0.25) is 0 Å². The molecule has 0 nitrogen and oxygen atoms in total. The summed E-state index contributed by atoms with van der Waals surface area (Å²) in [5, 5.41) is 0. The Kier molecular flexibility index (Phi) is 4.06. The van der Waals surface area contributed by atoms with E-state index in [1.807, 2.05) is 6.07 Å². The lowest BCUT2D eigenvalue weighted by Gasteiger charge is -2.10. The zero-order valence-electron chi connectivity index (χ0n) is 9.43. The lowest BCUT2D eigenvalue weighted by atomic mass is 10.1. The summed E-state index contributed by atoms with van der Waals surface area (Å²) in [5.41, 5.74) is 2.18. The number of benzene rings is 1. The van der Waals surface area contributed by atoms with Crippen molar-refractivity contribution >= 4 is 43.2 Å². The van der Waals surface area contributed by atoms with E-state index in [2.05, 4.69) is 51.8 Å². The highest BCUT2D eigenvalue weighted by Gasteiger charge is 2.16. The predicted octanol–water partition coefficient (Wildman–Crippen LogP) is 5.75. The third-order valence-electron chi connectivity index (χ3n) is 2.49. The molecule has 0 bridgehead atoms. The fourth-order valence-electron chi connectivity index (χ4n) is 1.78. The third kappa shape index (κ3) is 2.98. The molecule has 1 unspecified atom stereocenters. The van der Waals surface area contributed by atoms with E-state index in [4.69, 9.17) is 0 Å². The molecule has 2 aromatic rings. The molecule has 1 aromatic carbocycles. The Labute approximate surface area is 121 Å². The van der Waals surface area contributed by atoms with Gasteiger partial charge >= 0.3 is 0 Å². The molecule has 90 valence electrons. The van der Waals surface area contributed by atoms with Gasteiger partial charge in [0.1, 0.15) is 5.82 Å². The van der Waals surface area contributed by atoms with E-state index in [0.717, 1.165) is 10.0 Å². The highest BCUT2D eigenvalue weighted by molar-refractivity contribution is 9.10. The van der Waals surface area contributed by atoms with Gasteiger partial charge in [-0.1, -0.05) is 31.9 Å². The van der Waals surface area contributed by atoms with E-state index in [1.54, 1.807) is 17.4 Å². The number of hydrogen-bond donors (Lipinski definition) is 0. The van der Waals surface area contributed by atoms with Crippen LogP contribution in [0.3, 0.4) is 0 Å². The molecule has 2 rings (SSSR count). The zero-order chi connectivity index (χ0) is 12.6. The molecule has 0 aliphatic carbocycles. The van der Waals surface area contributed by atoms with E-state index < -0.39 is 0 Å². The maximum absolute atomic E-state index is 13.4. The van der Waals surface area contributed by atoms with Crippen LogP contribution in [-0.2, 0) is 0 Å². The van der Waals surface area contributed by atoms with Gasteiger partial charge in [0.05, 0.1) is 4.83 Å². The Balaban J connectivity index is 2.43. The Morgan fingerprint density at radius 2 is 1.88 bits per heavy atom. The zero-order valence-corrected chi connectivity index (χ0v) is 13.4. The summed E-state index contributed by atoms with van der Waals surface area (Å²) in [4.78, 5) is 2.56. The Bertz CT molecular complexity index is 528. The summed E-state index contributed by atoms with van der Waals surface area (Å²) in [6.07, 6.45) is 0. The van der Waals surface area contributed by atoms with E-state index in [9.17, 15) is 4.39 Å². The van der Waals surface area contributed by atoms with Gasteiger partial charge in [0.15, 0.2) is 0 Å². The topological polar surface area (TPSA) is 0 Å². The molecule has 17 heavy (non-hydrogen) atoms. The summed E-state index contributed by atoms with van der Waals surface area (Å²) >= 11 is 8.71. The third-order valence-corrected chi connectivity index (χ3v) is 5.45. The molecule has 0 fully saturated rings. The molecular weight excluding hydrogens is 367 g/mol. The lowest BCUT2D eigenvalue weighted by Crippen LogP contribution is -1.93. The van der Waals surface area contributed by atoms with Crippen LogP contribution >= 0.6 is 43.2 Å². The van der Waals surface area contributed by atoms with Crippen LogP contribution in [-0.4, -0.2) is 0 Å². The van der Waals surface area contributed by atoms with Gasteiger partial charge < -0.3 is 0 Å². The SMILES string of the molecule is Cc1cc(C)c(C(Br)c2cc(F)cc(Br)c2)s1. The van der Waals surface area contributed by atoms with Crippen molar-refractivity contribution in [1.82, 2.24) is 0 Å². The second kappa shape index (κ2) is 5.21. The van der Waals surface area contributed by atoms with Crippen LogP contribution in [0.1, 0.15) is 25.7 Å². The molecule has 0 aliphatic rings. The number of hydrogen-bond acceptors (Lipinski definition) is 1. The minimum atomic E-state index is -0.218. The molecule has 0 radical (unpaired) electrons. The molecule has 0 spiro atoms. The number of aryl methyl sites for hydroxylation is 2. The number of rotatable bonds is 2. The van der Waals surface area contributed by atoms with Crippen molar-refractivity contribution in [1.29, 1.82) is 0 Å². The van der Waals surface area contributed by atoms with E-state index in [1.165, 1.54) is 21.4 Å². The fraction of sp³-hybridized carbons (Fsp3) is 0.231. The summed E-state index contributed by atoms with van der Waals surface area (Å²) < 4.78 is 14.1. The van der Waals surface area contributed by atoms with Gasteiger partial charge in [-0.05, 0) is 49.2 Å². The average molecular weight is 378 g/mol. The highest BCUT2D eigenvalue weighted by Crippen LogP contribution is 2.38. The first-order chi connectivity index (χ1) is 7.97. The summed E-state index contributed by atoms with van der Waals surface area (Å²) in [7, 11) is 0. The Morgan fingerprint density at radius 3 is 2.41 bits per heavy atom. The number of thiophene rings is 1. The first-order valence-electron chi connectivity index (χ1n) is 5.14. The first kappa shape index (κ1) is 13.2. The normalized spacial score (nSPS) is 12.8. The molecule has 1 heterocycles. The highest BCUT2D eigenvalue weighted by atomic mass is 79.9. The van der Waals surface area contributed by atoms with Crippen LogP contribution in [0.15, 0.2) is 28.7 Å². The van der Waals surface area contributed by atoms with Crippen molar-refractivity contribution in [3.63, 3.8) is 0 Å². The minimum Gasteiger partial charge on any atom is -0.207 e. The molecule has 0 aliphatic heterocycles. The molecule has 0 amide bonds. The molecule has 0 saturated carbocycles. The van der Waals surface area contributed by atoms with E-state index in [-0.39, 0.29) is 10.6 Å². The van der Waals surface area contributed by atoms with Crippen LogP contribution < -0.4 is 0 Å². The maximum Gasteiger partial charge on any atom is 0.124 e. The molecule has 0 saturated heterocycles. The maximum atomic E-state index is 13.4. The van der Waals surface area contributed by atoms with Gasteiger partial charge in [-0.2, -0.15) is 0 Å². The summed E-state index contributed by atoms with van der Waals surface area (Å²) in [6, 6.07) is 7.13. The monoisotopic (exact) mass is 376 g/mol. The first-order valence-corrected chi connectivity index (χ1v) is 7.67. The van der Waals surface area contributed by atoms with Crippen LogP contribution in [0.2, 0.25) is 0 Å². The molecule has 1 aromatic heterocycles. The van der Waals surface area contributed by atoms with Crippen molar-refractivity contribution in [2.45, 2.75) is 18.7 Å². The van der Waals surface area contributed by atoms with Crippen LogP contribution in [0, 0.1) is 19.7 Å². The van der Waals surface area contributed by atoms with E-state index >= 15 is 0 Å². The van der Waals surface area contributed by atoms with Crippen LogP contribution in [0.25, 0.3) is 0 Å². The molecule has 4 heteroatoms. The van der Waals surface area contributed by atoms with Gasteiger partial charge in [0.2, 0.25) is 0 Å². The second-order valence-electron chi connectivity index (χ2n) is 3.97. The predicted molar refractivity (Wildman–Crippen MR) is 78.7 cm³/mol. The van der Waals surface area contributed by atoms with Crippen molar-refractivity contribution in [3.05, 3.63) is 55.4 Å². The Morgan fingerprint density at radius 1 is 1.18 bits per heavy atom. The fourth-order valence-corrected chi connectivity index (χ4v) is 4.21. The number of alkyl halides is 1. The van der Waals surface area contributed by atoms with Gasteiger partial charge in [-0.15, -0.1) is 11.3 Å². The quantitative estimate of drug-likeness (QED) is 0.584. The average Bonchev–Trinajstić information content (AvgIpc) is 2.55. The van der Waals surface area contributed by atoms with Crippen molar-refractivity contribution in [3.8, 4) is 0 Å². The summed E-state index contributed by atoms with van der Waals surface area (Å²) in [5.74, 6) is -0.218. The van der Waals surface area contributed by atoms with Crippen molar-refractivity contribution < 1.29 is 4.39 Å². The van der Waals surface area contributed by atoms with Gasteiger partial charge in [0.25, 0.3) is 0 Å². The number of halogens is 3. The summed E-state index contributed by atoms with van der Waals surface area (Å²) in [6.45, 7) is 4.17. The van der Waals surface area contributed by atoms with Crippen molar-refractivity contribution in [2.24, 2.45) is 0 Å². The largest absolute Gasteiger partial charge is 0.207 e. The van der Waals surface area contributed by atoms with E-state index in [0.29, 0.717) is 0 Å². The standard InChI is InChI=1S/C13H11Br2FS/c1-7-3-8(2)17-13(7)12(15)9-4-10(14)6-11(16)5-9/h3-6,12H,1-2H3. The van der Waals surface area contributed by atoms with Gasteiger partial charge in [-0.25, -0.2) is 4.39 Å². The minimum absolute atomic E-state index is 0.0493. The Hall–Kier alpha value is -0.190. The van der Waals surface area contributed by atoms with Crippen LogP contribution in [0.5, 0.6) is 0 Å². The molecule has 0 N–H and O–H groups in total. The smallest absolute Gasteiger partial charge is 0.124 e. The second-order valence-corrected chi connectivity index (χ2v) is 7.09. The van der Waals surface area contributed by atoms with Gasteiger partial charge in [0, 0.05) is 14.2 Å². The lowest BCUT2D eigenvalue weighted by molar-refractivity contribution is 0.625.